The second kappa shape index (κ2) is 8.80. The van der Waals surface area contributed by atoms with E-state index in [1.807, 2.05) is 0 Å². The number of sulfonamides is 1. The average molecular weight is 403 g/mol. The van der Waals surface area contributed by atoms with Crippen LogP contribution in [0.15, 0.2) is 33.6 Å². The molecule has 23 heavy (non-hydrogen) atoms. The van der Waals surface area contributed by atoms with Gasteiger partial charge < -0.3 is 5.32 Å². The van der Waals surface area contributed by atoms with Crippen LogP contribution >= 0.6 is 15.9 Å². The van der Waals surface area contributed by atoms with Gasteiger partial charge in [0.15, 0.2) is 0 Å². The molecule has 1 amide bonds. The van der Waals surface area contributed by atoms with Gasteiger partial charge in [-0.1, -0.05) is 37.8 Å². The lowest BCUT2D eigenvalue weighted by Crippen LogP contribution is -2.36. The van der Waals surface area contributed by atoms with E-state index < -0.39 is 10.0 Å². The zero-order chi connectivity index (χ0) is 16.7. The molecule has 0 unspecified atom stereocenters. The lowest BCUT2D eigenvalue weighted by Gasteiger charge is -2.16. The van der Waals surface area contributed by atoms with Crippen LogP contribution in [0.3, 0.4) is 0 Å². The zero-order valence-electron chi connectivity index (χ0n) is 13.1. The third kappa shape index (κ3) is 5.90. The number of hydrogen-bond acceptors (Lipinski definition) is 3. The van der Waals surface area contributed by atoms with Gasteiger partial charge >= 0.3 is 0 Å². The van der Waals surface area contributed by atoms with Gasteiger partial charge in [-0.2, -0.15) is 0 Å². The van der Waals surface area contributed by atoms with Crippen LogP contribution in [0.2, 0.25) is 0 Å². The Morgan fingerprint density at radius 1 is 1.13 bits per heavy atom. The van der Waals surface area contributed by atoms with Crippen molar-refractivity contribution < 1.29 is 13.2 Å². The van der Waals surface area contributed by atoms with Gasteiger partial charge in [-0.05, 0) is 40.9 Å². The topological polar surface area (TPSA) is 75.3 Å². The second-order valence-corrected chi connectivity index (χ2v) is 8.42. The van der Waals surface area contributed by atoms with E-state index in [2.05, 4.69) is 26.0 Å². The van der Waals surface area contributed by atoms with E-state index in [0.29, 0.717) is 4.47 Å². The first-order valence-electron chi connectivity index (χ1n) is 8.02. The summed E-state index contributed by atoms with van der Waals surface area (Å²) in [5.41, 5.74) is 0. The second-order valence-electron chi connectivity index (χ2n) is 5.83. The molecule has 1 aliphatic rings. The van der Waals surface area contributed by atoms with Crippen LogP contribution < -0.4 is 10.0 Å². The largest absolute Gasteiger partial charge is 0.353 e. The predicted molar refractivity (Wildman–Crippen MR) is 93.6 cm³/mol. The van der Waals surface area contributed by atoms with E-state index in [-0.39, 0.29) is 29.8 Å². The van der Waals surface area contributed by atoms with Crippen LogP contribution in [0.5, 0.6) is 0 Å². The van der Waals surface area contributed by atoms with E-state index in [0.717, 1.165) is 25.7 Å². The molecule has 128 valence electrons. The first kappa shape index (κ1) is 18.4. The molecule has 1 fully saturated rings. The number of rotatable bonds is 6. The minimum absolute atomic E-state index is 0.0910. The fourth-order valence-corrected chi connectivity index (χ4v) is 4.80. The van der Waals surface area contributed by atoms with Crippen LogP contribution in [0.25, 0.3) is 0 Å². The van der Waals surface area contributed by atoms with Crippen molar-refractivity contribution in [3.05, 3.63) is 28.7 Å². The van der Waals surface area contributed by atoms with E-state index in [4.69, 9.17) is 0 Å². The van der Waals surface area contributed by atoms with Crippen molar-refractivity contribution in [2.45, 2.75) is 55.9 Å². The molecule has 0 spiro atoms. The smallest absolute Gasteiger partial charge is 0.241 e. The maximum absolute atomic E-state index is 12.2. The number of carbonyl (C=O) groups is 1. The van der Waals surface area contributed by atoms with Gasteiger partial charge in [0.2, 0.25) is 15.9 Å². The molecule has 1 aromatic rings. The van der Waals surface area contributed by atoms with Crippen LogP contribution in [-0.4, -0.2) is 26.9 Å². The quantitative estimate of drug-likeness (QED) is 0.718. The molecule has 0 saturated heterocycles. The van der Waals surface area contributed by atoms with Gasteiger partial charge in [0.05, 0.1) is 4.90 Å². The summed E-state index contributed by atoms with van der Waals surface area (Å²) in [6, 6.07) is 6.86. The molecular weight excluding hydrogens is 380 g/mol. The number of nitrogens with one attached hydrogen (secondary N) is 2. The van der Waals surface area contributed by atoms with Gasteiger partial charge in [-0.25, -0.2) is 13.1 Å². The van der Waals surface area contributed by atoms with Crippen molar-refractivity contribution in [2.24, 2.45) is 0 Å². The molecular formula is C16H23BrN2O3S. The van der Waals surface area contributed by atoms with E-state index in [1.165, 1.54) is 18.9 Å². The summed E-state index contributed by atoms with van der Waals surface area (Å²) >= 11 is 3.23. The van der Waals surface area contributed by atoms with Gasteiger partial charge in [-0.3, -0.25) is 4.79 Å². The maximum Gasteiger partial charge on any atom is 0.241 e. The van der Waals surface area contributed by atoms with E-state index >= 15 is 0 Å². The molecule has 1 saturated carbocycles. The highest BCUT2D eigenvalue weighted by atomic mass is 79.9. The van der Waals surface area contributed by atoms with Gasteiger partial charge in [0, 0.05) is 23.5 Å². The zero-order valence-corrected chi connectivity index (χ0v) is 15.5. The first-order chi connectivity index (χ1) is 11.0. The number of benzene rings is 1. The Labute approximate surface area is 146 Å². The van der Waals surface area contributed by atoms with Crippen molar-refractivity contribution in [1.29, 1.82) is 0 Å². The summed E-state index contributed by atoms with van der Waals surface area (Å²) < 4.78 is 27.4. The fourth-order valence-electron chi connectivity index (χ4n) is 2.76. The molecule has 0 atom stereocenters. The van der Waals surface area contributed by atoms with Crippen molar-refractivity contribution >= 4 is 31.9 Å². The summed E-state index contributed by atoms with van der Waals surface area (Å²) in [7, 11) is -3.60. The Morgan fingerprint density at radius 2 is 1.78 bits per heavy atom. The Kier molecular flexibility index (Phi) is 7.05. The van der Waals surface area contributed by atoms with Crippen molar-refractivity contribution in [2.75, 3.05) is 6.54 Å². The van der Waals surface area contributed by atoms with Gasteiger partial charge in [0.25, 0.3) is 0 Å². The number of carbonyl (C=O) groups excluding carboxylic acids is 1. The Hall–Kier alpha value is -0.920. The summed E-state index contributed by atoms with van der Waals surface area (Å²) in [4.78, 5) is 12.1. The van der Waals surface area contributed by atoms with Crippen LogP contribution in [0.1, 0.15) is 44.9 Å². The molecule has 0 radical (unpaired) electrons. The Morgan fingerprint density at radius 3 is 2.43 bits per heavy atom. The molecule has 0 heterocycles. The average Bonchev–Trinajstić information content (AvgIpc) is 2.76. The summed E-state index contributed by atoms with van der Waals surface area (Å²) in [6.45, 7) is 0.0994. The lowest BCUT2D eigenvalue weighted by molar-refractivity contribution is -0.121. The molecule has 1 aliphatic carbocycles. The lowest BCUT2D eigenvalue weighted by atomic mass is 10.1. The van der Waals surface area contributed by atoms with E-state index in [9.17, 15) is 13.2 Å². The first-order valence-corrected chi connectivity index (χ1v) is 10.3. The van der Waals surface area contributed by atoms with Crippen molar-refractivity contribution in [3.8, 4) is 0 Å². The summed E-state index contributed by atoms with van der Waals surface area (Å²) in [6.07, 6.45) is 6.97. The maximum atomic E-state index is 12.2. The molecule has 7 heteroatoms. The molecule has 0 aromatic heterocycles. The van der Waals surface area contributed by atoms with Crippen molar-refractivity contribution in [1.82, 2.24) is 10.0 Å². The normalized spacial score (nSPS) is 16.7. The highest BCUT2D eigenvalue weighted by Crippen LogP contribution is 2.20. The Balaban J connectivity index is 1.79. The van der Waals surface area contributed by atoms with Crippen LogP contribution in [0, 0.1) is 0 Å². The Bertz CT molecular complexity index is 626. The minimum atomic E-state index is -3.60. The highest BCUT2D eigenvalue weighted by molar-refractivity contribution is 9.10. The van der Waals surface area contributed by atoms with Crippen LogP contribution in [-0.2, 0) is 14.8 Å². The molecule has 0 aliphatic heterocycles. The molecule has 5 nitrogen and oxygen atoms in total. The minimum Gasteiger partial charge on any atom is -0.353 e. The monoisotopic (exact) mass is 402 g/mol. The molecule has 1 aromatic carbocycles. The van der Waals surface area contributed by atoms with Gasteiger partial charge in [0.1, 0.15) is 0 Å². The number of hydrogen-bond donors (Lipinski definition) is 2. The van der Waals surface area contributed by atoms with E-state index in [1.54, 1.807) is 18.2 Å². The highest BCUT2D eigenvalue weighted by Gasteiger charge is 2.18. The number of halogens is 1. The summed E-state index contributed by atoms with van der Waals surface area (Å²) in [5.74, 6) is -0.0910. The third-order valence-electron chi connectivity index (χ3n) is 3.99. The molecule has 2 N–H and O–H groups in total. The fraction of sp³-hybridized carbons (Fsp3) is 0.562. The van der Waals surface area contributed by atoms with Crippen molar-refractivity contribution in [3.63, 3.8) is 0 Å². The van der Waals surface area contributed by atoms with Crippen LogP contribution in [0.4, 0.5) is 0 Å². The number of amides is 1. The third-order valence-corrected chi connectivity index (χ3v) is 6.46. The SMILES string of the molecule is O=C(CCNS(=O)(=O)c1ccccc1Br)NC1CCCCCC1. The molecule has 0 bridgehead atoms. The standard InChI is InChI=1S/C16H23BrN2O3S/c17-14-9-5-6-10-15(14)23(21,22)18-12-11-16(20)19-13-7-3-1-2-4-8-13/h5-6,9-10,13,18H,1-4,7-8,11-12H2,(H,19,20). The predicted octanol–water partition coefficient (Wildman–Crippen LogP) is 2.96. The molecule has 2 rings (SSSR count). The summed E-state index contributed by atoms with van der Waals surface area (Å²) in [5, 5.41) is 3.01. The van der Waals surface area contributed by atoms with Gasteiger partial charge in [-0.15, -0.1) is 0 Å².